The summed E-state index contributed by atoms with van der Waals surface area (Å²) in [6.07, 6.45) is 0.842. The number of benzene rings is 2. The van der Waals surface area contributed by atoms with Gasteiger partial charge in [-0.1, -0.05) is 42.0 Å². The fraction of sp³-hybridized carbons (Fsp3) is 0.333. The van der Waals surface area contributed by atoms with Crippen LogP contribution in [0.4, 0.5) is 0 Å². The molecule has 1 nitrogen and oxygen atoms in total. The maximum Gasteiger partial charge on any atom is 0.124 e. The van der Waals surface area contributed by atoms with E-state index in [9.17, 15) is 0 Å². The summed E-state index contributed by atoms with van der Waals surface area (Å²) in [4.78, 5) is 0. The molecule has 0 saturated carbocycles. The number of hydrogen-bond donors (Lipinski definition) is 0. The third kappa shape index (κ3) is 3.34. The van der Waals surface area contributed by atoms with Gasteiger partial charge >= 0.3 is 0 Å². The number of aryl methyl sites for hydroxylation is 3. The zero-order chi connectivity index (χ0) is 14.7. The zero-order valence-electron chi connectivity index (χ0n) is 12.5. The second-order valence-corrected chi connectivity index (χ2v) is 5.88. The van der Waals surface area contributed by atoms with Crippen LogP contribution in [0.5, 0.6) is 5.75 Å². The Balaban J connectivity index is 2.23. The molecule has 1 unspecified atom stereocenters. The molecule has 0 aromatic heterocycles. The predicted molar refractivity (Wildman–Crippen MR) is 85.9 cm³/mol. The lowest BCUT2D eigenvalue weighted by Gasteiger charge is -2.15. The lowest BCUT2D eigenvalue weighted by Crippen LogP contribution is -1.99. The van der Waals surface area contributed by atoms with E-state index in [0.717, 1.165) is 28.9 Å². The summed E-state index contributed by atoms with van der Waals surface area (Å²) in [5.41, 5.74) is 5.98. The van der Waals surface area contributed by atoms with Crippen molar-refractivity contribution >= 4 is 11.6 Å². The molecule has 20 heavy (non-hydrogen) atoms. The Morgan fingerprint density at radius 2 is 1.70 bits per heavy atom. The largest absolute Gasteiger partial charge is 0.496 e. The van der Waals surface area contributed by atoms with Crippen molar-refractivity contribution in [2.45, 2.75) is 32.6 Å². The molecule has 0 N–H and O–H groups in total. The summed E-state index contributed by atoms with van der Waals surface area (Å²) in [6, 6.07) is 12.8. The van der Waals surface area contributed by atoms with Crippen LogP contribution in [0.3, 0.4) is 0 Å². The first-order valence-corrected chi connectivity index (χ1v) is 7.29. The molecule has 0 saturated heterocycles. The van der Waals surface area contributed by atoms with Crippen LogP contribution in [0, 0.1) is 20.8 Å². The fourth-order valence-corrected chi connectivity index (χ4v) is 2.95. The fourth-order valence-electron chi connectivity index (χ4n) is 2.65. The molecule has 0 heterocycles. The SMILES string of the molecule is COc1c(C)cc(C(Cl)Cc2cccc(C)c2)cc1C. The van der Waals surface area contributed by atoms with Gasteiger partial charge in [-0.3, -0.25) is 0 Å². The third-order valence-electron chi connectivity index (χ3n) is 3.55. The standard InChI is InChI=1S/C18H21ClO/c1-12-6-5-7-15(8-12)11-17(19)16-9-13(2)18(20-4)14(3)10-16/h5-10,17H,11H2,1-4H3. The van der Waals surface area contributed by atoms with E-state index >= 15 is 0 Å². The van der Waals surface area contributed by atoms with Gasteiger partial charge in [0.25, 0.3) is 0 Å². The van der Waals surface area contributed by atoms with E-state index in [1.165, 1.54) is 11.1 Å². The highest BCUT2D eigenvalue weighted by Gasteiger charge is 2.13. The van der Waals surface area contributed by atoms with E-state index in [4.69, 9.17) is 16.3 Å². The second-order valence-electron chi connectivity index (χ2n) is 5.35. The van der Waals surface area contributed by atoms with Gasteiger partial charge in [0.05, 0.1) is 12.5 Å². The molecule has 0 fully saturated rings. The van der Waals surface area contributed by atoms with Gasteiger partial charge in [0, 0.05) is 0 Å². The van der Waals surface area contributed by atoms with Crippen molar-refractivity contribution in [2.75, 3.05) is 7.11 Å². The molecule has 0 aliphatic rings. The minimum atomic E-state index is -0.0138. The van der Waals surface area contributed by atoms with Crippen LogP contribution < -0.4 is 4.74 Å². The van der Waals surface area contributed by atoms with Gasteiger partial charge in [0.2, 0.25) is 0 Å². The van der Waals surface area contributed by atoms with Crippen molar-refractivity contribution in [3.8, 4) is 5.75 Å². The average molecular weight is 289 g/mol. The summed E-state index contributed by atoms with van der Waals surface area (Å²) >= 11 is 6.59. The molecule has 106 valence electrons. The van der Waals surface area contributed by atoms with Crippen molar-refractivity contribution in [1.82, 2.24) is 0 Å². The molecule has 1 atom stereocenters. The Kier molecular flexibility index (Phi) is 4.72. The van der Waals surface area contributed by atoms with E-state index < -0.39 is 0 Å². The van der Waals surface area contributed by atoms with Gasteiger partial charge in [-0.2, -0.15) is 0 Å². The molecular weight excluding hydrogens is 268 g/mol. The van der Waals surface area contributed by atoms with Gasteiger partial charge in [-0.15, -0.1) is 11.6 Å². The van der Waals surface area contributed by atoms with Gasteiger partial charge in [0.15, 0.2) is 0 Å². The summed E-state index contributed by atoms with van der Waals surface area (Å²) in [7, 11) is 1.71. The lowest BCUT2D eigenvalue weighted by molar-refractivity contribution is 0.408. The van der Waals surface area contributed by atoms with Crippen molar-refractivity contribution in [2.24, 2.45) is 0 Å². The first-order chi connectivity index (χ1) is 9.51. The minimum Gasteiger partial charge on any atom is -0.496 e. The van der Waals surface area contributed by atoms with Crippen LogP contribution in [-0.2, 0) is 6.42 Å². The number of alkyl halides is 1. The highest BCUT2D eigenvalue weighted by molar-refractivity contribution is 6.21. The monoisotopic (exact) mass is 288 g/mol. The normalized spacial score (nSPS) is 12.2. The molecule has 0 bridgehead atoms. The van der Waals surface area contributed by atoms with Gasteiger partial charge in [-0.25, -0.2) is 0 Å². The highest BCUT2D eigenvalue weighted by atomic mass is 35.5. The highest BCUT2D eigenvalue weighted by Crippen LogP contribution is 2.31. The Morgan fingerprint density at radius 3 is 2.25 bits per heavy atom. The Hall–Kier alpha value is -1.47. The van der Waals surface area contributed by atoms with E-state index in [-0.39, 0.29) is 5.38 Å². The first kappa shape index (κ1) is 14.9. The maximum atomic E-state index is 6.59. The predicted octanol–water partition coefficient (Wildman–Crippen LogP) is 5.14. The van der Waals surface area contributed by atoms with E-state index in [1.807, 2.05) is 0 Å². The minimum absolute atomic E-state index is 0.0138. The summed E-state index contributed by atoms with van der Waals surface area (Å²) in [6.45, 7) is 6.23. The van der Waals surface area contributed by atoms with Crippen molar-refractivity contribution in [3.63, 3.8) is 0 Å². The lowest BCUT2D eigenvalue weighted by atomic mass is 9.98. The van der Waals surface area contributed by atoms with Crippen LogP contribution in [-0.4, -0.2) is 7.11 Å². The molecular formula is C18H21ClO. The van der Waals surface area contributed by atoms with Crippen LogP contribution in [0.1, 0.15) is 33.2 Å². The smallest absolute Gasteiger partial charge is 0.124 e. The van der Waals surface area contributed by atoms with Crippen molar-refractivity contribution in [1.29, 1.82) is 0 Å². The Labute approximate surface area is 126 Å². The molecule has 2 aromatic carbocycles. The number of hydrogen-bond acceptors (Lipinski definition) is 1. The van der Waals surface area contributed by atoms with Gasteiger partial charge < -0.3 is 4.74 Å². The van der Waals surface area contributed by atoms with E-state index in [0.29, 0.717) is 0 Å². The number of ether oxygens (including phenoxy) is 1. The number of rotatable bonds is 4. The molecule has 2 aromatic rings. The van der Waals surface area contributed by atoms with E-state index in [2.05, 4.69) is 57.2 Å². The quantitative estimate of drug-likeness (QED) is 0.708. The summed E-state index contributed by atoms with van der Waals surface area (Å²) in [5.74, 6) is 0.952. The van der Waals surface area contributed by atoms with Crippen molar-refractivity contribution < 1.29 is 4.74 Å². The van der Waals surface area contributed by atoms with Crippen LogP contribution >= 0.6 is 11.6 Å². The van der Waals surface area contributed by atoms with E-state index in [1.54, 1.807) is 7.11 Å². The zero-order valence-corrected chi connectivity index (χ0v) is 13.3. The molecule has 0 radical (unpaired) electrons. The van der Waals surface area contributed by atoms with Gasteiger partial charge in [0.1, 0.15) is 5.75 Å². The number of halogens is 1. The van der Waals surface area contributed by atoms with Crippen LogP contribution in [0.2, 0.25) is 0 Å². The second kappa shape index (κ2) is 6.32. The van der Waals surface area contributed by atoms with Crippen molar-refractivity contribution in [3.05, 3.63) is 64.2 Å². The van der Waals surface area contributed by atoms with Crippen LogP contribution in [0.25, 0.3) is 0 Å². The summed E-state index contributed by atoms with van der Waals surface area (Å²) < 4.78 is 5.40. The van der Waals surface area contributed by atoms with Crippen LogP contribution in [0.15, 0.2) is 36.4 Å². The average Bonchev–Trinajstić information content (AvgIpc) is 2.38. The summed E-state index contributed by atoms with van der Waals surface area (Å²) in [5, 5.41) is -0.0138. The topological polar surface area (TPSA) is 9.23 Å². The molecule has 0 aliphatic carbocycles. The number of methoxy groups -OCH3 is 1. The Morgan fingerprint density at radius 1 is 1.05 bits per heavy atom. The molecule has 0 aliphatic heterocycles. The molecule has 0 spiro atoms. The first-order valence-electron chi connectivity index (χ1n) is 6.86. The molecule has 0 amide bonds. The molecule has 2 rings (SSSR count). The third-order valence-corrected chi connectivity index (χ3v) is 3.95. The van der Waals surface area contributed by atoms with Gasteiger partial charge in [-0.05, 0) is 49.4 Å². The molecule has 2 heteroatoms. The maximum absolute atomic E-state index is 6.59. The Bertz CT molecular complexity index is 581.